The first-order valence-corrected chi connectivity index (χ1v) is 8.05. The summed E-state index contributed by atoms with van der Waals surface area (Å²) < 4.78 is 1.63. The molecule has 114 valence electrons. The van der Waals surface area contributed by atoms with E-state index in [1.165, 1.54) is 11.8 Å². The van der Waals surface area contributed by atoms with Crippen molar-refractivity contribution in [1.29, 1.82) is 0 Å². The van der Waals surface area contributed by atoms with Crippen molar-refractivity contribution in [3.8, 4) is 0 Å². The molecule has 0 aliphatic rings. The Morgan fingerprint density at radius 1 is 1.18 bits per heavy atom. The monoisotopic (exact) mass is 313 g/mol. The Bertz CT molecular complexity index is 745. The van der Waals surface area contributed by atoms with Gasteiger partial charge in [-0.25, -0.2) is 0 Å². The number of ketones is 1. The number of pyridine rings is 1. The molecule has 0 amide bonds. The highest BCUT2D eigenvalue weighted by Crippen LogP contribution is 2.19. The minimum Gasteiger partial charge on any atom is -0.299 e. The fraction of sp³-hybridized carbons (Fsp3) is 0.222. The molecule has 1 aromatic heterocycles. The summed E-state index contributed by atoms with van der Waals surface area (Å²) in [4.78, 5) is 24.3. The summed E-state index contributed by atoms with van der Waals surface area (Å²) in [6, 6.07) is 11.1. The van der Waals surface area contributed by atoms with Crippen LogP contribution in [-0.2, 0) is 6.54 Å². The van der Waals surface area contributed by atoms with E-state index in [1.54, 1.807) is 16.7 Å². The van der Waals surface area contributed by atoms with Crippen molar-refractivity contribution >= 4 is 17.5 Å². The largest absolute Gasteiger partial charge is 0.299 e. The van der Waals surface area contributed by atoms with Crippen LogP contribution in [-0.4, -0.2) is 16.1 Å². The standard InChI is InChI=1S/C18H19NO2S/c1-4-9-19-17(21)10-14(3)11-18(19)22-12-16(20)15-7-5-13(2)6-8-15/h4-8,10-11H,1,9,12H2,2-3H3. The number of aryl methyl sites for hydroxylation is 2. The Morgan fingerprint density at radius 2 is 1.86 bits per heavy atom. The SMILES string of the molecule is C=CCn1c(SCC(=O)c2ccc(C)cc2)cc(C)cc1=O. The number of benzene rings is 1. The Balaban J connectivity index is 2.17. The molecule has 2 aromatic rings. The molecule has 0 radical (unpaired) electrons. The number of hydrogen-bond acceptors (Lipinski definition) is 3. The predicted octanol–water partition coefficient (Wildman–Crippen LogP) is 3.63. The van der Waals surface area contributed by atoms with Gasteiger partial charge in [0, 0.05) is 18.2 Å². The van der Waals surface area contributed by atoms with Crippen LogP contribution in [0.15, 0.2) is 58.9 Å². The van der Waals surface area contributed by atoms with Crippen LogP contribution in [0.1, 0.15) is 21.5 Å². The lowest BCUT2D eigenvalue weighted by molar-refractivity contribution is 0.102. The molecule has 0 saturated carbocycles. The third kappa shape index (κ3) is 3.98. The highest BCUT2D eigenvalue weighted by molar-refractivity contribution is 7.99. The first kappa shape index (κ1) is 16.3. The lowest BCUT2D eigenvalue weighted by atomic mass is 10.1. The van der Waals surface area contributed by atoms with Crippen molar-refractivity contribution in [2.24, 2.45) is 0 Å². The molecule has 1 aromatic carbocycles. The smallest absolute Gasteiger partial charge is 0.251 e. The molecule has 0 spiro atoms. The van der Waals surface area contributed by atoms with Crippen molar-refractivity contribution in [3.63, 3.8) is 0 Å². The second kappa shape index (κ2) is 7.27. The third-order valence-electron chi connectivity index (χ3n) is 3.27. The number of allylic oxidation sites excluding steroid dienone is 1. The maximum atomic E-state index is 12.2. The van der Waals surface area contributed by atoms with Gasteiger partial charge >= 0.3 is 0 Å². The quantitative estimate of drug-likeness (QED) is 0.464. The van der Waals surface area contributed by atoms with Gasteiger partial charge in [0.2, 0.25) is 0 Å². The first-order chi connectivity index (χ1) is 10.5. The summed E-state index contributed by atoms with van der Waals surface area (Å²) in [6.07, 6.45) is 1.68. The van der Waals surface area contributed by atoms with Crippen molar-refractivity contribution in [1.82, 2.24) is 4.57 Å². The minimum absolute atomic E-state index is 0.0594. The molecule has 3 nitrogen and oxygen atoms in total. The van der Waals surface area contributed by atoms with Crippen LogP contribution in [0.25, 0.3) is 0 Å². The molecular formula is C18H19NO2S. The van der Waals surface area contributed by atoms with Crippen LogP contribution in [0.4, 0.5) is 0 Å². The number of thioether (sulfide) groups is 1. The lowest BCUT2D eigenvalue weighted by Gasteiger charge is -2.11. The summed E-state index contributed by atoms with van der Waals surface area (Å²) >= 11 is 1.39. The Hall–Kier alpha value is -2.07. The lowest BCUT2D eigenvalue weighted by Crippen LogP contribution is -2.21. The summed E-state index contributed by atoms with van der Waals surface area (Å²) in [6.45, 7) is 7.99. The summed E-state index contributed by atoms with van der Waals surface area (Å²) in [7, 11) is 0. The van der Waals surface area contributed by atoms with Crippen LogP contribution in [0.2, 0.25) is 0 Å². The maximum Gasteiger partial charge on any atom is 0.251 e. The highest BCUT2D eigenvalue weighted by atomic mass is 32.2. The highest BCUT2D eigenvalue weighted by Gasteiger charge is 2.10. The zero-order chi connectivity index (χ0) is 16.1. The molecule has 2 rings (SSSR count). The van der Waals surface area contributed by atoms with Gasteiger partial charge in [-0.3, -0.25) is 14.2 Å². The van der Waals surface area contributed by atoms with Gasteiger partial charge in [-0.05, 0) is 25.5 Å². The molecule has 0 aliphatic carbocycles. The number of carbonyl (C=O) groups is 1. The van der Waals surface area contributed by atoms with E-state index in [0.717, 1.165) is 16.2 Å². The number of hydrogen-bond donors (Lipinski definition) is 0. The Kier molecular flexibility index (Phi) is 5.39. The van der Waals surface area contributed by atoms with Gasteiger partial charge in [-0.1, -0.05) is 47.7 Å². The molecule has 0 unspecified atom stereocenters. The number of carbonyl (C=O) groups excluding carboxylic acids is 1. The Labute approximate surface area is 134 Å². The van der Waals surface area contributed by atoms with Crippen molar-refractivity contribution in [2.45, 2.75) is 25.4 Å². The first-order valence-electron chi connectivity index (χ1n) is 7.06. The normalized spacial score (nSPS) is 10.5. The van der Waals surface area contributed by atoms with E-state index in [0.29, 0.717) is 17.9 Å². The van der Waals surface area contributed by atoms with Gasteiger partial charge in [0.05, 0.1) is 10.8 Å². The van der Waals surface area contributed by atoms with E-state index in [9.17, 15) is 9.59 Å². The number of Topliss-reactive ketones (excluding diaryl/α,β-unsaturated/α-hetero) is 1. The van der Waals surface area contributed by atoms with Crippen molar-refractivity contribution < 1.29 is 4.79 Å². The fourth-order valence-electron chi connectivity index (χ4n) is 2.09. The number of rotatable bonds is 6. The van der Waals surface area contributed by atoms with E-state index in [1.807, 2.05) is 44.2 Å². The molecule has 0 atom stereocenters. The molecule has 1 heterocycles. The van der Waals surface area contributed by atoms with Crippen molar-refractivity contribution in [3.05, 3.63) is 76.1 Å². The zero-order valence-corrected chi connectivity index (χ0v) is 13.7. The van der Waals surface area contributed by atoms with E-state index in [-0.39, 0.29) is 11.3 Å². The molecule has 0 aliphatic heterocycles. The topological polar surface area (TPSA) is 39.1 Å². The van der Waals surface area contributed by atoms with E-state index in [4.69, 9.17) is 0 Å². The van der Waals surface area contributed by atoms with Crippen LogP contribution in [0.5, 0.6) is 0 Å². The summed E-state index contributed by atoms with van der Waals surface area (Å²) in [5.41, 5.74) is 2.66. The maximum absolute atomic E-state index is 12.2. The van der Waals surface area contributed by atoms with Gasteiger partial charge in [-0.2, -0.15) is 0 Å². The minimum atomic E-state index is -0.0646. The molecule has 0 fully saturated rings. The summed E-state index contributed by atoms with van der Waals surface area (Å²) in [5.74, 6) is 0.368. The number of aromatic nitrogens is 1. The number of nitrogens with zero attached hydrogens (tertiary/aromatic N) is 1. The van der Waals surface area contributed by atoms with Gasteiger partial charge in [0.15, 0.2) is 5.78 Å². The molecule has 4 heteroatoms. The van der Waals surface area contributed by atoms with Gasteiger partial charge < -0.3 is 0 Å². The van der Waals surface area contributed by atoms with E-state index < -0.39 is 0 Å². The molecule has 0 N–H and O–H groups in total. The predicted molar refractivity (Wildman–Crippen MR) is 91.9 cm³/mol. The fourth-order valence-corrected chi connectivity index (χ4v) is 3.12. The molecule has 0 bridgehead atoms. The molecule has 0 saturated heterocycles. The second-order valence-corrected chi connectivity index (χ2v) is 6.18. The molecule has 22 heavy (non-hydrogen) atoms. The zero-order valence-electron chi connectivity index (χ0n) is 12.8. The van der Waals surface area contributed by atoms with Crippen LogP contribution < -0.4 is 5.56 Å². The Morgan fingerprint density at radius 3 is 2.50 bits per heavy atom. The average Bonchev–Trinajstić information content (AvgIpc) is 2.48. The van der Waals surface area contributed by atoms with Crippen molar-refractivity contribution in [2.75, 3.05) is 5.75 Å². The van der Waals surface area contributed by atoms with Crippen LogP contribution >= 0.6 is 11.8 Å². The third-order valence-corrected chi connectivity index (χ3v) is 4.31. The van der Waals surface area contributed by atoms with E-state index in [2.05, 4.69) is 6.58 Å². The van der Waals surface area contributed by atoms with Crippen LogP contribution in [0, 0.1) is 13.8 Å². The summed E-state index contributed by atoms with van der Waals surface area (Å²) in [5, 5.41) is 0.797. The second-order valence-electron chi connectivity index (χ2n) is 5.19. The molecular weight excluding hydrogens is 294 g/mol. The van der Waals surface area contributed by atoms with Gasteiger partial charge in [-0.15, -0.1) is 6.58 Å². The average molecular weight is 313 g/mol. The van der Waals surface area contributed by atoms with E-state index >= 15 is 0 Å². The van der Waals surface area contributed by atoms with Gasteiger partial charge in [0.1, 0.15) is 0 Å². The van der Waals surface area contributed by atoms with Crippen LogP contribution in [0.3, 0.4) is 0 Å². The van der Waals surface area contributed by atoms with Gasteiger partial charge in [0.25, 0.3) is 5.56 Å².